The molecular weight excluding hydrogens is 310 g/mol. The van der Waals surface area contributed by atoms with Crippen LogP contribution in [0.2, 0.25) is 10.0 Å². The van der Waals surface area contributed by atoms with Crippen LogP contribution in [0, 0.1) is 0 Å². The zero-order valence-electron chi connectivity index (χ0n) is 10.3. The molecule has 19 heavy (non-hydrogen) atoms. The minimum absolute atomic E-state index is 0.274. The van der Waals surface area contributed by atoms with Gasteiger partial charge in [-0.3, -0.25) is 0 Å². The van der Waals surface area contributed by atoms with Crippen LogP contribution in [0.1, 0.15) is 25.7 Å². The first-order chi connectivity index (χ1) is 8.90. The van der Waals surface area contributed by atoms with E-state index in [1.807, 2.05) is 0 Å². The molecule has 0 saturated carbocycles. The Hall–Kier alpha value is -0.250. The largest absolute Gasteiger partial charge is 0.811 e. The Morgan fingerprint density at radius 3 is 2.21 bits per heavy atom. The molecule has 7 heteroatoms. The van der Waals surface area contributed by atoms with Gasteiger partial charge >= 0.3 is 0 Å². The average Bonchev–Trinajstić information content (AvgIpc) is 2.29. The molecule has 108 valence electrons. The molecule has 0 amide bonds. The molecule has 0 unspecified atom stereocenters. The van der Waals surface area contributed by atoms with Gasteiger partial charge in [0.15, 0.2) is 5.75 Å². The molecule has 0 aliphatic rings. The van der Waals surface area contributed by atoms with Gasteiger partial charge in [-0.2, -0.15) is 0 Å². The van der Waals surface area contributed by atoms with Crippen LogP contribution in [-0.4, -0.2) is 12.8 Å². The monoisotopic (exact) mass is 324 g/mol. The van der Waals surface area contributed by atoms with Crippen LogP contribution >= 0.6 is 30.8 Å². The lowest BCUT2D eigenvalue weighted by molar-refractivity contribution is -0.313. The highest BCUT2D eigenvalue weighted by Crippen LogP contribution is 2.32. The van der Waals surface area contributed by atoms with Crippen molar-refractivity contribution in [3.8, 4) is 5.75 Å². The highest BCUT2D eigenvalue weighted by Gasteiger charge is 2.05. The second kappa shape index (κ2) is 8.13. The fourth-order valence-corrected chi connectivity index (χ4v) is 2.67. The van der Waals surface area contributed by atoms with E-state index >= 15 is 0 Å². The van der Waals surface area contributed by atoms with E-state index in [-0.39, 0.29) is 6.16 Å². The molecular formula is C12H15Cl2O4P-2. The van der Waals surface area contributed by atoms with Crippen LogP contribution in [0.3, 0.4) is 0 Å². The van der Waals surface area contributed by atoms with E-state index in [4.69, 9.17) is 27.9 Å². The van der Waals surface area contributed by atoms with Crippen molar-refractivity contribution in [3.63, 3.8) is 0 Å². The van der Waals surface area contributed by atoms with Gasteiger partial charge in [0.25, 0.3) is 0 Å². The zero-order valence-corrected chi connectivity index (χ0v) is 12.7. The van der Waals surface area contributed by atoms with Crippen LogP contribution in [0.4, 0.5) is 0 Å². The molecule has 1 aromatic carbocycles. The maximum Gasteiger partial charge on any atom is 0.156 e. The molecule has 0 bridgehead atoms. The first-order valence-electron chi connectivity index (χ1n) is 5.98. The van der Waals surface area contributed by atoms with Crippen LogP contribution in [-0.2, 0) is 4.57 Å². The van der Waals surface area contributed by atoms with E-state index in [9.17, 15) is 14.4 Å². The highest BCUT2D eigenvalue weighted by atomic mass is 35.5. The topological polar surface area (TPSA) is 72.4 Å². The average molecular weight is 325 g/mol. The molecule has 0 spiro atoms. The van der Waals surface area contributed by atoms with Crippen LogP contribution in [0.25, 0.3) is 0 Å². The Morgan fingerprint density at radius 2 is 1.63 bits per heavy atom. The summed E-state index contributed by atoms with van der Waals surface area (Å²) in [6.45, 7) is 0.454. The number of hydrogen-bond acceptors (Lipinski definition) is 4. The highest BCUT2D eigenvalue weighted by molar-refractivity contribution is 7.48. The maximum atomic E-state index is 10.4. The molecule has 0 saturated heterocycles. The van der Waals surface area contributed by atoms with Gasteiger partial charge in [0.2, 0.25) is 0 Å². The van der Waals surface area contributed by atoms with Crippen LogP contribution in [0.5, 0.6) is 5.75 Å². The van der Waals surface area contributed by atoms with Crippen LogP contribution < -0.4 is 14.5 Å². The fourth-order valence-electron chi connectivity index (χ4n) is 1.56. The molecule has 1 rings (SSSR count). The van der Waals surface area contributed by atoms with E-state index in [1.54, 1.807) is 18.2 Å². The van der Waals surface area contributed by atoms with Crippen molar-refractivity contribution in [2.24, 2.45) is 0 Å². The molecule has 0 radical (unpaired) electrons. The predicted octanol–water partition coefficient (Wildman–Crippen LogP) is 2.85. The van der Waals surface area contributed by atoms with Crippen molar-refractivity contribution in [1.29, 1.82) is 0 Å². The summed E-state index contributed by atoms with van der Waals surface area (Å²) in [5, 5.41) is 0.928. The third kappa shape index (κ3) is 7.19. The van der Waals surface area contributed by atoms with E-state index in [1.165, 1.54) is 0 Å². The van der Waals surface area contributed by atoms with Crippen molar-refractivity contribution >= 4 is 30.8 Å². The van der Waals surface area contributed by atoms with Gasteiger partial charge in [0, 0.05) is 0 Å². The summed E-state index contributed by atoms with van der Waals surface area (Å²) in [6, 6.07) is 5.13. The van der Waals surface area contributed by atoms with E-state index in [2.05, 4.69) is 0 Å². The number of halogens is 2. The Balaban J connectivity index is 2.16. The molecule has 0 aliphatic carbocycles. The second-order valence-electron chi connectivity index (χ2n) is 4.15. The molecule has 1 aromatic rings. The number of benzene rings is 1. The van der Waals surface area contributed by atoms with E-state index in [0.717, 1.165) is 12.8 Å². The quantitative estimate of drug-likeness (QED) is 0.544. The normalized spacial score (nSPS) is 11.6. The third-order valence-electron chi connectivity index (χ3n) is 2.49. The molecule has 0 heterocycles. The fraction of sp³-hybridized carbons (Fsp3) is 0.500. The summed E-state index contributed by atoms with van der Waals surface area (Å²) in [5.41, 5.74) is 0. The number of hydrogen-bond donors (Lipinski definition) is 0. The predicted molar refractivity (Wildman–Crippen MR) is 72.9 cm³/mol. The Kier molecular flexibility index (Phi) is 7.19. The SMILES string of the molecule is O=P([O-])([O-])CCCCCCOc1c(Cl)cccc1Cl. The lowest BCUT2D eigenvalue weighted by Gasteiger charge is -2.29. The lowest BCUT2D eigenvalue weighted by atomic mass is 10.2. The number of ether oxygens (including phenoxy) is 1. The first-order valence-corrected chi connectivity index (χ1v) is 8.46. The first kappa shape index (κ1) is 16.8. The van der Waals surface area contributed by atoms with Crippen molar-refractivity contribution < 1.29 is 19.1 Å². The molecule has 0 N–H and O–H groups in total. The summed E-state index contributed by atoms with van der Waals surface area (Å²) in [4.78, 5) is 20.8. The second-order valence-corrected chi connectivity index (χ2v) is 6.63. The number of rotatable bonds is 8. The summed E-state index contributed by atoms with van der Waals surface area (Å²) in [7, 11) is -4.35. The van der Waals surface area contributed by atoms with Crippen molar-refractivity contribution in [1.82, 2.24) is 0 Å². The summed E-state index contributed by atoms with van der Waals surface area (Å²) in [5.74, 6) is 0.467. The van der Waals surface area contributed by atoms with E-state index in [0.29, 0.717) is 35.2 Å². The van der Waals surface area contributed by atoms with Crippen molar-refractivity contribution in [3.05, 3.63) is 28.2 Å². The minimum Gasteiger partial charge on any atom is -0.811 e. The number of unbranched alkanes of at least 4 members (excludes halogenated alkanes) is 3. The Bertz CT molecular complexity index is 427. The summed E-state index contributed by atoms with van der Waals surface area (Å²) < 4.78 is 15.9. The summed E-state index contributed by atoms with van der Waals surface area (Å²) in [6.07, 6.45) is 2.36. The summed E-state index contributed by atoms with van der Waals surface area (Å²) >= 11 is 11.9. The van der Waals surface area contributed by atoms with Gasteiger partial charge in [-0.25, -0.2) is 0 Å². The van der Waals surface area contributed by atoms with Gasteiger partial charge < -0.3 is 19.1 Å². The van der Waals surface area contributed by atoms with Crippen molar-refractivity contribution in [2.75, 3.05) is 12.8 Å². The van der Waals surface area contributed by atoms with E-state index < -0.39 is 7.60 Å². The molecule has 0 aliphatic heterocycles. The van der Waals surface area contributed by atoms with Gasteiger partial charge in [0.05, 0.1) is 16.7 Å². The molecule has 0 aromatic heterocycles. The molecule has 0 atom stereocenters. The Labute approximate surface area is 122 Å². The van der Waals surface area contributed by atoms with Gasteiger partial charge in [-0.1, -0.05) is 49.7 Å². The lowest BCUT2D eigenvalue weighted by Crippen LogP contribution is -2.16. The molecule has 4 nitrogen and oxygen atoms in total. The maximum absolute atomic E-state index is 10.4. The third-order valence-corrected chi connectivity index (χ3v) is 3.95. The van der Waals surface area contributed by atoms with Gasteiger partial charge in [0.1, 0.15) is 0 Å². The van der Waals surface area contributed by atoms with Crippen LogP contribution in [0.15, 0.2) is 18.2 Å². The molecule has 0 fully saturated rings. The smallest absolute Gasteiger partial charge is 0.156 e. The Morgan fingerprint density at radius 1 is 1.05 bits per heavy atom. The van der Waals surface area contributed by atoms with Gasteiger partial charge in [-0.05, 0) is 31.1 Å². The standard InChI is InChI=1S/C12H17Cl2O4P/c13-10-6-5-7-11(14)12(10)18-8-3-1-2-4-9-19(15,16)17/h5-7H,1-4,8-9H2,(H2,15,16,17)/p-2. The number of para-hydroxylation sites is 1. The van der Waals surface area contributed by atoms with Gasteiger partial charge in [-0.15, -0.1) is 0 Å². The van der Waals surface area contributed by atoms with Crippen molar-refractivity contribution in [2.45, 2.75) is 25.7 Å². The minimum atomic E-state index is -4.35. The zero-order chi connectivity index (χ0) is 14.3.